The van der Waals surface area contributed by atoms with Crippen LogP contribution in [-0.4, -0.2) is 20.7 Å². The summed E-state index contributed by atoms with van der Waals surface area (Å²) >= 11 is 0. The van der Waals surface area contributed by atoms with E-state index in [-0.39, 0.29) is 5.75 Å². The van der Waals surface area contributed by atoms with E-state index in [0.717, 1.165) is 11.5 Å². The van der Waals surface area contributed by atoms with Crippen LogP contribution in [0.25, 0.3) is 6.08 Å². The lowest BCUT2D eigenvalue weighted by Crippen LogP contribution is -2.17. The number of nitrogens with two attached hydrogens (primary N) is 1. The summed E-state index contributed by atoms with van der Waals surface area (Å²) in [4.78, 5) is 0. The average Bonchev–Trinajstić information content (AvgIpc) is 2.27. The van der Waals surface area contributed by atoms with Gasteiger partial charge in [-0.2, -0.15) is 0 Å². The summed E-state index contributed by atoms with van der Waals surface area (Å²) in [6.07, 6.45) is 1.60. The molecule has 0 aliphatic carbocycles. The molecular weight excluding hydrogens is 222 g/mol. The van der Waals surface area contributed by atoms with E-state index >= 15 is 0 Å². The Bertz CT molecular complexity index is 437. The van der Waals surface area contributed by atoms with Crippen LogP contribution in [0.1, 0.15) is 12.5 Å². The van der Waals surface area contributed by atoms with Crippen LogP contribution in [0.15, 0.2) is 35.7 Å². The van der Waals surface area contributed by atoms with Crippen molar-refractivity contribution >= 4 is 15.9 Å². The molecule has 0 bridgehead atoms. The molecule has 0 aliphatic heterocycles. The number of hydrogen-bond acceptors (Lipinski definition) is 3. The van der Waals surface area contributed by atoms with Gasteiger partial charge in [0, 0.05) is 11.3 Å². The summed E-state index contributed by atoms with van der Waals surface area (Å²) in [6.45, 7) is 2.05. The molecule has 1 aromatic rings. The van der Waals surface area contributed by atoms with E-state index in [1.54, 1.807) is 13.0 Å². The van der Waals surface area contributed by atoms with E-state index in [1.165, 1.54) is 5.41 Å². The minimum absolute atomic E-state index is 0.0207. The summed E-state index contributed by atoms with van der Waals surface area (Å²) in [5.41, 5.74) is 6.23. The van der Waals surface area contributed by atoms with Gasteiger partial charge in [-0.05, 0) is 18.2 Å². The Balaban J connectivity index is 2.70. The third-order valence-electron chi connectivity index (χ3n) is 2.06. The van der Waals surface area contributed by atoms with Crippen molar-refractivity contribution in [1.29, 1.82) is 0 Å². The highest BCUT2D eigenvalue weighted by Gasteiger charge is 2.11. The molecule has 0 atom stereocenters. The molecule has 0 unspecified atom stereocenters. The molecule has 3 nitrogen and oxygen atoms in total. The maximum Gasteiger partial charge on any atom is 0.172 e. The first-order valence-corrected chi connectivity index (χ1v) is 6.72. The topological polar surface area (TPSA) is 60.2 Å². The fraction of sp³-hybridized carbons (Fsp3) is 0.250. The second-order valence-electron chi connectivity index (χ2n) is 3.68. The largest absolute Gasteiger partial charge is 0.330 e. The van der Waals surface area contributed by atoms with Gasteiger partial charge in [0.25, 0.3) is 0 Å². The Labute approximate surface area is 96.9 Å². The monoisotopic (exact) mass is 238 g/mol. The van der Waals surface area contributed by atoms with Gasteiger partial charge in [0.15, 0.2) is 9.84 Å². The van der Waals surface area contributed by atoms with E-state index in [1.807, 2.05) is 30.3 Å². The summed E-state index contributed by atoms with van der Waals surface area (Å²) in [5, 5.41) is 1.24. The lowest BCUT2D eigenvalue weighted by Gasteiger charge is -2.05. The minimum Gasteiger partial charge on any atom is -0.330 e. The second-order valence-corrected chi connectivity index (χ2v) is 5.57. The molecule has 0 aliphatic rings. The highest BCUT2D eigenvalue weighted by atomic mass is 32.2. The van der Waals surface area contributed by atoms with Gasteiger partial charge in [0.05, 0.1) is 5.75 Å². The van der Waals surface area contributed by atoms with Gasteiger partial charge < -0.3 is 5.73 Å². The summed E-state index contributed by atoms with van der Waals surface area (Å²) in [6, 6.07) is 9.32. The Kier molecular flexibility index (Phi) is 4.71. The van der Waals surface area contributed by atoms with Crippen molar-refractivity contribution < 1.29 is 8.42 Å². The summed E-state index contributed by atoms with van der Waals surface area (Å²) < 4.78 is 23.2. The molecule has 0 heterocycles. The van der Waals surface area contributed by atoms with Crippen LogP contribution in [0.5, 0.6) is 0 Å². The zero-order valence-corrected chi connectivity index (χ0v) is 10.1. The van der Waals surface area contributed by atoms with Gasteiger partial charge in [-0.25, -0.2) is 8.42 Å². The molecule has 0 spiro atoms. The molecule has 0 saturated carbocycles. The second kappa shape index (κ2) is 5.82. The van der Waals surface area contributed by atoms with Crippen molar-refractivity contribution in [3.63, 3.8) is 0 Å². The number of benzene rings is 1. The Morgan fingerprint density at radius 2 is 1.94 bits per heavy atom. The average molecular weight is 238 g/mol. The number of sulfone groups is 1. The van der Waals surface area contributed by atoms with Crippen molar-refractivity contribution in [3.8, 4) is 0 Å². The quantitative estimate of drug-likeness (QED) is 0.848. The lowest BCUT2D eigenvalue weighted by atomic mass is 10.2. The lowest BCUT2D eigenvalue weighted by molar-refractivity contribution is 0.604. The van der Waals surface area contributed by atoms with E-state index < -0.39 is 9.84 Å². The third kappa shape index (κ3) is 4.59. The van der Waals surface area contributed by atoms with Crippen molar-refractivity contribution in [2.24, 2.45) is 5.73 Å². The molecule has 2 N–H and O–H groups in total. The van der Waals surface area contributed by atoms with Crippen molar-refractivity contribution in [2.45, 2.75) is 6.92 Å². The molecule has 87 valence electrons. The maximum absolute atomic E-state index is 11.6. The molecule has 0 fully saturated rings. The van der Waals surface area contributed by atoms with Crippen molar-refractivity contribution in [2.75, 3.05) is 12.3 Å². The van der Waals surface area contributed by atoms with E-state index in [4.69, 9.17) is 5.73 Å². The molecule has 0 aromatic heterocycles. The summed E-state index contributed by atoms with van der Waals surface area (Å²) in [5.74, 6) is 0.782. The van der Waals surface area contributed by atoms with Crippen LogP contribution in [0.3, 0.4) is 0 Å². The van der Waals surface area contributed by atoms with Crippen molar-refractivity contribution in [3.05, 3.63) is 47.2 Å². The van der Waals surface area contributed by atoms with Crippen LogP contribution in [0.2, 0.25) is 0 Å². The van der Waals surface area contributed by atoms with Gasteiger partial charge in [-0.3, -0.25) is 0 Å². The predicted octanol–water partition coefficient (Wildman–Crippen LogP) is 1.63. The molecule has 1 aromatic carbocycles. The first-order chi connectivity index (χ1) is 7.53. The molecular formula is C12H16NO2S. The Morgan fingerprint density at radius 3 is 2.50 bits per heavy atom. The Morgan fingerprint density at radius 1 is 1.31 bits per heavy atom. The molecule has 1 rings (SSSR count). The molecule has 0 saturated heterocycles. The third-order valence-corrected chi connectivity index (χ3v) is 3.51. The molecule has 0 amide bonds. The zero-order chi connectivity index (χ0) is 12.0. The van der Waals surface area contributed by atoms with Gasteiger partial charge in [0.1, 0.15) is 0 Å². The summed E-state index contributed by atoms with van der Waals surface area (Å²) in [7, 11) is -3.19. The first kappa shape index (κ1) is 12.9. The van der Waals surface area contributed by atoms with Crippen LogP contribution in [-0.2, 0) is 9.84 Å². The van der Waals surface area contributed by atoms with Gasteiger partial charge in [-0.1, -0.05) is 37.3 Å². The fourth-order valence-corrected chi connectivity index (χ4v) is 2.46. The van der Waals surface area contributed by atoms with Gasteiger partial charge in [-0.15, -0.1) is 0 Å². The maximum atomic E-state index is 11.6. The predicted molar refractivity (Wildman–Crippen MR) is 67.2 cm³/mol. The fourth-order valence-electron chi connectivity index (χ4n) is 1.20. The molecule has 1 radical (unpaired) electrons. The van der Waals surface area contributed by atoms with Gasteiger partial charge in [0.2, 0.25) is 0 Å². The molecule has 16 heavy (non-hydrogen) atoms. The smallest absolute Gasteiger partial charge is 0.172 e. The number of hydrogen-bond donors (Lipinski definition) is 1. The standard InChI is InChI=1S/C12H16NO2S/c1-11(9-13)10-16(14,15)8-7-12-5-3-2-4-6-12/h2-8H,9-10,13H2,1H3. The van der Waals surface area contributed by atoms with Crippen LogP contribution >= 0.6 is 0 Å². The van der Waals surface area contributed by atoms with Crippen LogP contribution in [0, 0.1) is 5.92 Å². The zero-order valence-electron chi connectivity index (χ0n) is 9.26. The normalized spacial score (nSPS) is 12.4. The first-order valence-electron chi connectivity index (χ1n) is 5.01. The number of rotatable bonds is 5. The highest BCUT2D eigenvalue weighted by molar-refractivity contribution is 7.94. The molecule has 4 heteroatoms. The van der Waals surface area contributed by atoms with E-state index in [2.05, 4.69) is 0 Å². The van der Waals surface area contributed by atoms with Crippen LogP contribution < -0.4 is 5.73 Å². The van der Waals surface area contributed by atoms with Gasteiger partial charge >= 0.3 is 0 Å². The van der Waals surface area contributed by atoms with Crippen molar-refractivity contribution in [1.82, 2.24) is 0 Å². The van der Waals surface area contributed by atoms with E-state index in [9.17, 15) is 8.42 Å². The Hall–Kier alpha value is -1.13. The SMILES string of the molecule is C[C](CN)CS(=O)(=O)C=Cc1ccccc1. The minimum atomic E-state index is -3.19. The highest BCUT2D eigenvalue weighted by Crippen LogP contribution is 2.07. The van der Waals surface area contributed by atoms with E-state index in [0.29, 0.717) is 6.54 Å². The van der Waals surface area contributed by atoms with Crippen LogP contribution in [0.4, 0.5) is 0 Å².